The molecule has 0 bridgehead atoms. The summed E-state index contributed by atoms with van der Waals surface area (Å²) in [5, 5.41) is 2.80. The van der Waals surface area contributed by atoms with Gasteiger partial charge in [0, 0.05) is 32.3 Å². The van der Waals surface area contributed by atoms with Crippen LogP contribution >= 0.6 is 0 Å². The van der Waals surface area contributed by atoms with Crippen LogP contribution in [0, 0.1) is 5.92 Å². The van der Waals surface area contributed by atoms with Crippen LogP contribution in [0.2, 0.25) is 0 Å². The summed E-state index contributed by atoms with van der Waals surface area (Å²) in [6, 6.07) is 7.86. The van der Waals surface area contributed by atoms with Crippen LogP contribution in [-0.2, 0) is 20.7 Å². The average molecular weight is 290 g/mol. The first kappa shape index (κ1) is 15.5. The van der Waals surface area contributed by atoms with E-state index in [2.05, 4.69) is 12.2 Å². The number of aryl methyl sites for hydroxylation is 1. The lowest BCUT2D eigenvalue weighted by Gasteiger charge is -2.19. The molecule has 1 aromatic carbocycles. The molecule has 2 amide bonds. The van der Waals surface area contributed by atoms with Gasteiger partial charge in [0.25, 0.3) is 0 Å². The number of para-hydroxylation sites is 1. The Kier molecular flexibility index (Phi) is 5.33. The Morgan fingerprint density at radius 3 is 2.90 bits per heavy atom. The van der Waals surface area contributed by atoms with E-state index in [4.69, 9.17) is 4.74 Å². The summed E-state index contributed by atoms with van der Waals surface area (Å²) in [5.74, 6) is -0.334. The van der Waals surface area contributed by atoms with Crippen LogP contribution in [0.4, 0.5) is 5.69 Å². The number of rotatable bonds is 6. The van der Waals surface area contributed by atoms with Gasteiger partial charge in [-0.3, -0.25) is 9.59 Å². The van der Waals surface area contributed by atoms with Gasteiger partial charge < -0.3 is 15.0 Å². The second kappa shape index (κ2) is 7.22. The van der Waals surface area contributed by atoms with E-state index in [1.807, 2.05) is 24.3 Å². The van der Waals surface area contributed by atoms with Gasteiger partial charge in [0.1, 0.15) is 0 Å². The fourth-order valence-electron chi connectivity index (χ4n) is 2.61. The monoisotopic (exact) mass is 290 g/mol. The first-order valence-electron chi connectivity index (χ1n) is 7.32. The molecule has 0 saturated carbocycles. The van der Waals surface area contributed by atoms with Gasteiger partial charge in [0.2, 0.25) is 11.8 Å². The minimum atomic E-state index is -0.278. The first-order valence-corrected chi connectivity index (χ1v) is 7.32. The number of nitrogens with one attached hydrogen (secondary N) is 1. The van der Waals surface area contributed by atoms with E-state index in [1.165, 1.54) is 0 Å². The number of nitrogens with zero attached hydrogens (tertiary/aromatic N) is 1. The van der Waals surface area contributed by atoms with E-state index in [1.54, 1.807) is 12.0 Å². The lowest BCUT2D eigenvalue weighted by molar-refractivity contribution is -0.126. The van der Waals surface area contributed by atoms with E-state index in [0.29, 0.717) is 19.7 Å². The number of hydrogen-bond acceptors (Lipinski definition) is 3. The van der Waals surface area contributed by atoms with Crippen molar-refractivity contribution >= 4 is 17.5 Å². The Bertz CT molecular complexity index is 516. The van der Waals surface area contributed by atoms with Gasteiger partial charge in [-0.1, -0.05) is 25.1 Å². The molecule has 0 spiro atoms. The highest BCUT2D eigenvalue weighted by Gasteiger charge is 2.35. The molecule has 1 heterocycles. The molecule has 1 aromatic rings. The van der Waals surface area contributed by atoms with Crippen molar-refractivity contribution in [3.63, 3.8) is 0 Å². The molecule has 1 fully saturated rings. The van der Waals surface area contributed by atoms with Crippen LogP contribution < -0.4 is 10.2 Å². The largest absolute Gasteiger partial charge is 0.383 e. The lowest BCUT2D eigenvalue weighted by atomic mass is 10.1. The number of methoxy groups -OCH3 is 1. The van der Waals surface area contributed by atoms with Crippen LogP contribution in [-0.4, -0.2) is 38.6 Å². The predicted molar refractivity (Wildman–Crippen MR) is 81.2 cm³/mol. The van der Waals surface area contributed by atoms with Gasteiger partial charge in [-0.15, -0.1) is 0 Å². The van der Waals surface area contributed by atoms with Crippen molar-refractivity contribution in [2.24, 2.45) is 5.92 Å². The Morgan fingerprint density at radius 1 is 1.43 bits per heavy atom. The van der Waals surface area contributed by atoms with Crippen molar-refractivity contribution in [2.45, 2.75) is 19.8 Å². The molecular weight excluding hydrogens is 268 g/mol. The molecule has 0 unspecified atom stereocenters. The summed E-state index contributed by atoms with van der Waals surface area (Å²) in [5.41, 5.74) is 2.06. The summed E-state index contributed by atoms with van der Waals surface area (Å²) in [7, 11) is 1.59. The standard InChI is InChI=1S/C16H22N2O3/c1-3-12-6-4-5-7-14(12)18-11-13(10-15(18)19)16(20)17-8-9-21-2/h4-7,13H,3,8-11H2,1-2H3,(H,17,20)/t13-/m1/s1. The van der Waals surface area contributed by atoms with Crippen LogP contribution in [0.3, 0.4) is 0 Å². The minimum absolute atomic E-state index is 0.0165. The van der Waals surface area contributed by atoms with Crippen LogP contribution in [0.1, 0.15) is 18.9 Å². The first-order chi connectivity index (χ1) is 10.2. The average Bonchev–Trinajstić information content (AvgIpc) is 2.89. The lowest BCUT2D eigenvalue weighted by Crippen LogP contribution is -2.34. The molecule has 1 atom stereocenters. The highest BCUT2D eigenvalue weighted by molar-refractivity contribution is 6.00. The molecule has 1 N–H and O–H groups in total. The smallest absolute Gasteiger partial charge is 0.227 e. The molecule has 0 radical (unpaired) electrons. The molecule has 2 rings (SSSR count). The van der Waals surface area contributed by atoms with E-state index in [0.717, 1.165) is 17.7 Å². The maximum atomic E-state index is 12.2. The molecule has 5 heteroatoms. The number of carbonyl (C=O) groups excluding carboxylic acids is 2. The maximum Gasteiger partial charge on any atom is 0.227 e. The molecule has 1 aliphatic heterocycles. The van der Waals surface area contributed by atoms with Gasteiger partial charge in [0.15, 0.2) is 0 Å². The zero-order chi connectivity index (χ0) is 15.2. The number of anilines is 1. The topological polar surface area (TPSA) is 58.6 Å². The Balaban J connectivity index is 2.04. The molecule has 0 aliphatic carbocycles. The molecule has 0 aromatic heterocycles. The quantitative estimate of drug-likeness (QED) is 0.805. The molecular formula is C16H22N2O3. The predicted octanol–water partition coefficient (Wildman–Crippen LogP) is 1.36. The van der Waals surface area contributed by atoms with Gasteiger partial charge in [-0.25, -0.2) is 0 Å². The van der Waals surface area contributed by atoms with Crippen molar-refractivity contribution in [3.05, 3.63) is 29.8 Å². The zero-order valence-corrected chi connectivity index (χ0v) is 12.6. The third-order valence-electron chi connectivity index (χ3n) is 3.76. The summed E-state index contributed by atoms with van der Waals surface area (Å²) >= 11 is 0. The van der Waals surface area contributed by atoms with Crippen LogP contribution in [0.15, 0.2) is 24.3 Å². The fraction of sp³-hybridized carbons (Fsp3) is 0.500. The number of ether oxygens (including phenoxy) is 1. The van der Waals surface area contributed by atoms with E-state index in [-0.39, 0.29) is 24.2 Å². The summed E-state index contributed by atoms with van der Waals surface area (Å²) < 4.78 is 4.90. The number of hydrogen-bond donors (Lipinski definition) is 1. The third kappa shape index (κ3) is 3.61. The summed E-state index contributed by atoms with van der Waals surface area (Å²) in [6.45, 7) is 3.48. The highest BCUT2D eigenvalue weighted by Crippen LogP contribution is 2.28. The normalized spacial score (nSPS) is 18.1. The van der Waals surface area contributed by atoms with Gasteiger partial charge in [0.05, 0.1) is 12.5 Å². The SMILES string of the molecule is CCc1ccccc1N1C[C@H](C(=O)NCCOC)CC1=O. The van der Waals surface area contributed by atoms with E-state index >= 15 is 0 Å². The Morgan fingerprint density at radius 2 is 2.19 bits per heavy atom. The highest BCUT2D eigenvalue weighted by atomic mass is 16.5. The third-order valence-corrected chi connectivity index (χ3v) is 3.76. The molecule has 1 saturated heterocycles. The van der Waals surface area contributed by atoms with Crippen molar-refractivity contribution in [2.75, 3.05) is 31.7 Å². The maximum absolute atomic E-state index is 12.2. The number of amides is 2. The summed E-state index contributed by atoms with van der Waals surface area (Å²) in [4.78, 5) is 26.0. The Labute approximate surface area is 125 Å². The fourth-order valence-corrected chi connectivity index (χ4v) is 2.61. The van der Waals surface area contributed by atoms with Crippen molar-refractivity contribution < 1.29 is 14.3 Å². The molecule has 5 nitrogen and oxygen atoms in total. The van der Waals surface area contributed by atoms with Crippen LogP contribution in [0.25, 0.3) is 0 Å². The number of carbonyl (C=O) groups is 2. The molecule has 114 valence electrons. The molecule has 1 aliphatic rings. The summed E-state index contributed by atoms with van der Waals surface area (Å²) in [6.07, 6.45) is 1.14. The minimum Gasteiger partial charge on any atom is -0.383 e. The zero-order valence-electron chi connectivity index (χ0n) is 12.6. The Hall–Kier alpha value is -1.88. The van der Waals surface area contributed by atoms with Crippen LogP contribution in [0.5, 0.6) is 0 Å². The molecule has 21 heavy (non-hydrogen) atoms. The van der Waals surface area contributed by atoms with Crippen molar-refractivity contribution in [1.29, 1.82) is 0 Å². The van der Waals surface area contributed by atoms with Crippen molar-refractivity contribution in [3.8, 4) is 0 Å². The van der Waals surface area contributed by atoms with E-state index in [9.17, 15) is 9.59 Å². The second-order valence-corrected chi connectivity index (χ2v) is 5.17. The van der Waals surface area contributed by atoms with Crippen molar-refractivity contribution in [1.82, 2.24) is 5.32 Å². The van der Waals surface area contributed by atoms with Gasteiger partial charge in [-0.2, -0.15) is 0 Å². The second-order valence-electron chi connectivity index (χ2n) is 5.17. The van der Waals surface area contributed by atoms with Gasteiger partial charge >= 0.3 is 0 Å². The number of benzene rings is 1. The van der Waals surface area contributed by atoms with Gasteiger partial charge in [-0.05, 0) is 18.1 Å². The van der Waals surface area contributed by atoms with E-state index < -0.39 is 0 Å².